The van der Waals surface area contributed by atoms with Gasteiger partial charge < -0.3 is 14.8 Å². The smallest absolute Gasteiger partial charge is 0.343 e. The van der Waals surface area contributed by atoms with Crippen LogP contribution in [0.15, 0.2) is 29.6 Å². The molecule has 0 aliphatic carbocycles. The number of hydrogen-bond donors (Lipinski definition) is 1. The van der Waals surface area contributed by atoms with Crippen LogP contribution in [0.2, 0.25) is 0 Å². The molecule has 0 radical (unpaired) electrons. The van der Waals surface area contributed by atoms with E-state index in [1.54, 1.807) is 23.5 Å². The van der Waals surface area contributed by atoms with Crippen molar-refractivity contribution >= 4 is 23.1 Å². The zero-order valence-electron chi connectivity index (χ0n) is 12.3. The van der Waals surface area contributed by atoms with Gasteiger partial charge in [-0.05, 0) is 30.0 Å². The SMILES string of the molecule is CCC(Nc1ccc(C(=O)OC)c(OC)n1)c1cccs1. The maximum Gasteiger partial charge on any atom is 0.343 e. The second-order valence-electron chi connectivity index (χ2n) is 4.37. The monoisotopic (exact) mass is 306 g/mol. The van der Waals surface area contributed by atoms with Crippen LogP contribution in [0.4, 0.5) is 5.82 Å². The molecule has 0 bridgehead atoms. The Hall–Kier alpha value is -2.08. The Morgan fingerprint density at radius 2 is 2.19 bits per heavy atom. The number of ether oxygens (including phenoxy) is 2. The summed E-state index contributed by atoms with van der Waals surface area (Å²) in [5.74, 6) is 0.462. The van der Waals surface area contributed by atoms with Crippen LogP contribution in [0, 0.1) is 0 Å². The van der Waals surface area contributed by atoms with Gasteiger partial charge in [0.25, 0.3) is 0 Å². The predicted molar refractivity (Wildman–Crippen MR) is 83.1 cm³/mol. The Balaban J connectivity index is 2.22. The van der Waals surface area contributed by atoms with E-state index in [4.69, 9.17) is 9.47 Å². The fourth-order valence-corrected chi connectivity index (χ4v) is 2.85. The van der Waals surface area contributed by atoms with E-state index < -0.39 is 5.97 Å². The average molecular weight is 306 g/mol. The fourth-order valence-electron chi connectivity index (χ4n) is 1.98. The lowest BCUT2D eigenvalue weighted by atomic mass is 10.2. The number of pyridine rings is 1. The molecule has 1 unspecified atom stereocenters. The molecular weight excluding hydrogens is 288 g/mol. The average Bonchev–Trinajstić information content (AvgIpc) is 3.05. The minimum absolute atomic E-state index is 0.186. The minimum atomic E-state index is -0.462. The van der Waals surface area contributed by atoms with Gasteiger partial charge in [-0.2, -0.15) is 4.98 Å². The summed E-state index contributed by atoms with van der Waals surface area (Å²) in [6, 6.07) is 7.71. The van der Waals surface area contributed by atoms with Gasteiger partial charge in [0, 0.05) is 4.88 Å². The summed E-state index contributed by atoms with van der Waals surface area (Å²) in [7, 11) is 2.81. The lowest BCUT2D eigenvalue weighted by molar-refractivity contribution is 0.0596. The van der Waals surface area contributed by atoms with Crippen molar-refractivity contribution < 1.29 is 14.3 Å². The van der Waals surface area contributed by atoms with Crippen LogP contribution in [-0.2, 0) is 4.74 Å². The highest BCUT2D eigenvalue weighted by Gasteiger charge is 2.16. The molecule has 2 aromatic rings. The lowest BCUT2D eigenvalue weighted by Gasteiger charge is -2.17. The molecule has 1 atom stereocenters. The summed E-state index contributed by atoms with van der Waals surface area (Å²) in [4.78, 5) is 17.2. The Bertz CT molecular complexity index is 599. The molecule has 1 N–H and O–H groups in total. The maximum absolute atomic E-state index is 11.6. The number of rotatable bonds is 6. The number of anilines is 1. The molecule has 0 spiro atoms. The standard InChI is InChI=1S/C15H18N2O3S/c1-4-11(12-6-5-9-21-12)16-13-8-7-10(15(18)20-3)14(17-13)19-2/h5-9,11H,4H2,1-3H3,(H,16,17). The van der Waals surface area contributed by atoms with Crippen LogP contribution in [0.25, 0.3) is 0 Å². The number of thiophene rings is 1. The summed E-state index contributed by atoms with van der Waals surface area (Å²) in [5.41, 5.74) is 0.315. The number of nitrogens with zero attached hydrogens (tertiary/aromatic N) is 1. The van der Waals surface area contributed by atoms with Crippen LogP contribution < -0.4 is 10.1 Å². The van der Waals surface area contributed by atoms with Crippen LogP contribution in [-0.4, -0.2) is 25.2 Å². The number of nitrogens with one attached hydrogen (secondary N) is 1. The van der Waals surface area contributed by atoms with Gasteiger partial charge in [-0.3, -0.25) is 0 Å². The van der Waals surface area contributed by atoms with Gasteiger partial charge in [0.15, 0.2) is 0 Å². The third-order valence-corrected chi connectivity index (χ3v) is 4.06. The Labute approximate surface area is 127 Å². The second-order valence-corrected chi connectivity index (χ2v) is 5.34. The van der Waals surface area contributed by atoms with E-state index in [1.165, 1.54) is 19.1 Å². The Morgan fingerprint density at radius 1 is 1.38 bits per heavy atom. The summed E-state index contributed by atoms with van der Waals surface area (Å²) in [5, 5.41) is 5.41. The second kappa shape index (κ2) is 7.08. The lowest BCUT2D eigenvalue weighted by Crippen LogP contribution is -2.11. The first-order valence-corrected chi connectivity index (χ1v) is 7.50. The van der Waals surface area contributed by atoms with Gasteiger partial charge in [-0.1, -0.05) is 13.0 Å². The quantitative estimate of drug-likeness (QED) is 0.828. The molecule has 2 aromatic heterocycles. The van der Waals surface area contributed by atoms with E-state index in [1.807, 2.05) is 11.4 Å². The molecule has 0 amide bonds. The molecule has 112 valence electrons. The first-order chi connectivity index (χ1) is 10.2. The van der Waals surface area contributed by atoms with Crippen molar-refractivity contribution in [3.63, 3.8) is 0 Å². The molecule has 2 heterocycles. The minimum Gasteiger partial charge on any atom is -0.480 e. The summed E-state index contributed by atoms with van der Waals surface area (Å²) >= 11 is 1.70. The van der Waals surface area contributed by atoms with Crippen molar-refractivity contribution in [3.05, 3.63) is 40.1 Å². The first kappa shape index (κ1) is 15.3. The molecule has 0 aliphatic heterocycles. The van der Waals surface area contributed by atoms with Gasteiger partial charge in [-0.25, -0.2) is 4.79 Å². The summed E-state index contributed by atoms with van der Waals surface area (Å²) in [6.07, 6.45) is 0.934. The number of methoxy groups -OCH3 is 2. The predicted octanol–water partition coefficient (Wildman–Crippen LogP) is 3.50. The van der Waals surface area contributed by atoms with Gasteiger partial charge in [0.1, 0.15) is 11.4 Å². The van der Waals surface area contributed by atoms with E-state index in [9.17, 15) is 4.79 Å². The highest BCUT2D eigenvalue weighted by molar-refractivity contribution is 7.10. The number of aromatic nitrogens is 1. The largest absolute Gasteiger partial charge is 0.480 e. The zero-order chi connectivity index (χ0) is 15.2. The summed E-state index contributed by atoms with van der Waals surface area (Å²) in [6.45, 7) is 2.11. The molecular formula is C15H18N2O3S. The van der Waals surface area contributed by atoms with Crippen molar-refractivity contribution in [3.8, 4) is 5.88 Å². The first-order valence-electron chi connectivity index (χ1n) is 6.62. The number of carbonyl (C=O) groups excluding carboxylic acids is 1. The van der Waals surface area contributed by atoms with E-state index in [2.05, 4.69) is 23.3 Å². The number of carbonyl (C=O) groups is 1. The van der Waals surface area contributed by atoms with Gasteiger partial charge >= 0.3 is 5.97 Å². The van der Waals surface area contributed by atoms with Crippen molar-refractivity contribution in [2.45, 2.75) is 19.4 Å². The molecule has 0 saturated carbocycles. The maximum atomic E-state index is 11.6. The fraction of sp³-hybridized carbons (Fsp3) is 0.333. The van der Waals surface area contributed by atoms with E-state index in [0.717, 1.165) is 6.42 Å². The Kier molecular flexibility index (Phi) is 5.16. The molecule has 6 heteroatoms. The highest BCUT2D eigenvalue weighted by atomic mass is 32.1. The van der Waals surface area contributed by atoms with Gasteiger partial charge in [0.2, 0.25) is 5.88 Å². The molecule has 0 aliphatic rings. The number of hydrogen-bond acceptors (Lipinski definition) is 6. The van der Waals surface area contributed by atoms with E-state index in [-0.39, 0.29) is 11.9 Å². The van der Waals surface area contributed by atoms with Gasteiger partial charge in [-0.15, -0.1) is 11.3 Å². The molecule has 0 saturated heterocycles. The molecule has 0 aromatic carbocycles. The van der Waals surface area contributed by atoms with Crippen LogP contribution >= 0.6 is 11.3 Å². The normalized spacial score (nSPS) is 11.8. The van der Waals surface area contributed by atoms with Gasteiger partial charge in [0.05, 0.1) is 20.3 Å². The van der Waals surface area contributed by atoms with Crippen molar-refractivity contribution in [2.75, 3.05) is 19.5 Å². The molecule has 0 fully saturated rings. The number of esters is 1. The summed E-state index contributed by atoms with van der Waals surface area (Å²) < 4.78 is 9.87. The van der Waals surface area contributed by atoms with E-state index in [0.29, 0.717) is 11.4 Å². The van der Waals surface area contributed by atoms with Crippen LogP contribution in [0.1, 0.15) is 34.6 Å². The Morgan fingerprint density at radius 3 is 2.76 bits per heavy atom. The highest BCUT2D eigenvalue weighted by Crippen LogP contribution is 2.27. The zero-order valence-corrected chi connectivity index (χ0v) is 13.1. The van der Waals surface area contributed by atoms with Crippen molar-refractivity contribution in [1.82, 2.24) is 4.98 Å². The third-order valence-electron chi connectivity index (χ3n) is 3.08. The van der Waals surface area contributed by atoms with Crippen LogP contribution in [0.5, 0.6) is 5.88 Å². The van der Waals surface area contributed by atoms with Crippen molar-refractivity contribution in [1.29, 1.82) is 0 Å². The van der Waals surface area contributed by atoms with Crippen molar-refractivity contribution in [2.24, 2.45) is 0 Å². The topological polar surface area (TPSA) is 60.5 Å². The molecule has 2 rings (SSSR count). The molecule has 21 heavy (non-hydrogen) atoms. The van der Waals surface area contributed by atoms with Crippen LogP contribution in [0.3, 0.4) is 0 Å². The third kappa shape index (κ3) is 3.52. The van der Waals surface area contributed by atoms with E-state index >= 15 is 0 Å². The molecule has 5 nitrogen and oxygen atoms in total.